The van der Waals surface area contributed by atoms with Gasteiger partial charge in [-0.25, -0.2) is 18.7 Å². The van der Waals surface area contributed by atoms with Gasteiger partial charge in [0.15, 0.2) is 5.82 Å². The molecule has 37 heavy (non-hydrogen) atoms. The molecule has 0 unspecified atom stereocenters. The zero-order valence-corrected chi connectivity index (χ0v) is 20.5. The smallest absolute Gasteiger partial charge is 0.223 e. The van der Waals surface area contributed by atoms with Crippen LogP contribution in [0.5, 0.6) is 0 Å². The summed E-state index contributed by atoms with van der Waals surface area (Å²) in [5.74, 6) is -0.615. The summed E-state index contributed by atoms with van der Waals surface area (Å²) in [6.45, 7) is 1.05. The second-order valence-electron chi connectivity index (χ2n) is 8.96. The monoisotopic (exact) mass is 516 g/mol. The minimum absolute atomic E-state index is 0.191. The normalized spacial score (nSPS) is 15.5. The molecule has 186 valence electrons. The Morgan fingerprint density at radius 1 is 1.14 bits per heavy atom. The maximum absolute atomic E-state index is 14.9. The maximum Gasteiger partial charge on any atom is 0.223 e. The van der Waals surface area contributed by atoms with Crippen LogP contribution in [0.1, 0.15) is 30.7 Å². The quantitative estimate of drug-likeness (QED) is 0.292. The van der Waals surface area contributed by atoms with Crippen LogP contribution in [-0.4, -0.2) is 37.3 Å². The summed E-state index contributed by atoms with van der Waals surface area (Å²) in [5.41, 5.74) is 2.57. The number of Topliss-reactive ketones (excluding diaryl/α,β-unsaturated/α-hetero) is 1. The molecule has 1 aliphatic carbocycles. The molecule has 2 aromatic carbocycles. The number of fused-ring (bicyclic) bond motifs is 1. The van der Waals surface area contributed by atoms with Gasteiger partial charge in [0.1, 0.15) is 17.3 Å². The molecule has 7 nitrogen and oxygen atoms in total. The number of hydrogen-bond acceptors (Lipinski definition) is 7. The van der Waals surface area contributed by atoms with Gasteiger partial charge in [-0.2, -0.15) is 0 Å². The maximum atomic E-state index is 14.9. The van der Waals surface area contributed by atoms with E-state index in [4.69, 9.17) is 0 Å². The Labute approximate surface area is 215 Å². The molecule has 0 amide bonds. The molecule has 3 heterocycles. The topological polar surface area (TPSA) is 85.6 Å². The van der Waals surface area contributed by atoms with E-state index < -0.39 is 5.82 Å². The van der Waals surface area contributed by atoms with Gasteiger partial charge in [0.2, 0.25) is 5.95 Å². The second-order valence-corrected chi connectivity index (χ2v) is 10.0. The largest absolute Gasteiger partial charge is 0.352 e. The summed E-state index contributed by atoms with van der Waals surface area (Å²) >= 11 is 1.39. The molecule has 0 bridgehead atoms. The molecule has 0 saturated heterocycles. The van der Waals surface area contributed by atoms with Crippen LogP contribution < -0.4 is 5.32 Å². The molecular weight excluding hydrogens is 494 g/mol. The third-order valence-corrected chi connectivity index (χ3v) is 7.79. The summed E-state index contributed by atoms with van der Waals surface area (Å²) in [5, 5.41) is 11.7. The van der Waals surface area contributed by atoms with Crippen LogP contribution in [0.2, 0.25) is 0 Å². The first-order valence-electron chi connectivity index (χ1n) is 12.0. The third kappa shape index (κ3) is 4.60. The zero-order chi connectivity index (χ0) is 25.4. The van der Waals surface area contributed by atoms with Crippen molar-refractivity contribution in [2.24, 2.45) is 0 Å². The fraction of sp³-hybridized carbons (Fsp3) is 0.222. The molecule has 0 spiro atoms. The molecule has 0 radical (unpaired) electrons. The summed E-state index contributed by atoms with van der Waals surface area (Å²) in [7, 11) is 0. The van der Waals surface area contributed by atoms with Crippen LogP contribution in [0.3, 0.4) is 0 Å². The highest BCUT2D eigenvalue weighted by atomic mass is 32.1. The van der Waals surface area contributed by atoms with Crippen LogP contribution in [0.15, 0.2) is 61.1 Å². The van der Waals surface area contributed by atoms with E-state index in [2.05, 4.69) is 25.6 Å². The Morgan fingerprint density at radius 3 is 2.86 bits per heavy atom. The van der Waals surface area contributed by atoms with Gasteiger partial charge in [-0.1, -0.05) is 29.5 Å². The Hall–Kier alpha value is -4.05. The van der Waals surface area contributed by atoms with Gasteiger partial charge >= 0.3 is 0 Å². The number of carbonyl (C=O) groups excluding carboxylic acids is 1. The van der Waals surface area contributed by atoms with E-state index in [9.17, 15) is 13.6 Å². The number of ketones is 1. The average Bonchev–Trinajstić information content (AvgIpc) is 3.66. The molecule has 1 atom stereocenters. The number of thiophene rings is 1. The molecule has 3 aromatic heterocycles. The van der Waals surface area contributed by atoms with Gasteiger partial charge in [-0.15, -0.1) is 16.4 Å². The predicted octanol–water partition coefficient (Wildman–Crippen LogP) is 5.84. The highest BCUT2D eigenvalue weighted by molar-refractivity contribution is 7.22. The number of anilines is 1. The predicted molar refractivity (Wildman–Crippen MR) is 138 cm³/mol. The minimum atomic E-state index is -0.530. The number of benzene rings is 2. The van der Waals surface area contributed by atoms with E-state index in [0.29, 0.717) is 35.9 Å². The number of nitrogens with zero attached hydrogens (tertiary/aromatic N) is 5. The summed E-state index contributed by atoms with van der Waals surface area (Å²) < 4.78 is 31.8. The Bertz CT molecular complexity index is 1600. The van der Waals surface area contributed by atoms with Gasteiger partial charge in [-0.05, 0) is 53.1 Å². The van der Waals surface area contributed by atoms with Crippen molar-refractivity contribution in [3.8, 4) is 21.7 Å². The van der Waals surface area contributed by atoms with Crippen LogP contribution in [-0.2, 0) is 11.3 Å². The highest BCUT2D eigenvalue weighted by Crippen LogP contribution is 2.43. The molecule has 10 heteroatoms. The molecule has 6 rings (SSSR count). The van der Waals surface area contributed by atoms with Gasteiger partial charge in [-0.3, -0.25) is 9.48 Å². The molecule has 1 saturated carbocycles. The fourth-order valence-corrected chi connectivity index (χ4v) is 6.04. The van der Waals surface area contributed by atoms with Crippen LogP contribution in [0.25, 0.3) is 31.8 Å². The van der Waals surface area contributed by atoms with E-state index in [1.54, 1.807) is 23.1 Å². The minimum Gasteiger partial charge on any atom is -0.352 e. The van der Waals surface area contributed by atoms with Crippen molar-refractivity contribution in [3.05, 3.63) is 78.3 Å². The SMILES string of the molecule is O=C1CCC[C@@H]1c1ccc(F)cc1-c1cccc2cc(-c3nc(NCCn4ccnn4)ncc3F)sc12. The van der Waals surface area contributed by atoms with Crippen molar-refractivity contribution >= 4 is 33.2 Å². The number of halogens is 2. The lowest BCUT2D eigenvalue weighted by atomic mass is 9.88. The standard InChI is InChI=1S/C27H22F2N6OS/c28-17-7-8-18(19-4-2-6-23(19)36)21(14-17)20-5-1-3-16-13-24(37-26(16)20)25-22(29)15-31-27(33-25)30-9-11-35-12-10-32-34-35/h1,3,5,7-8,10,12-15,19H,2,4,6,9,11H2,(H,30,31,33)/t19-/m1/s1. The van der Waals surface area contributed by atoms with Gasteiger partial charge in [0.05, 0.1) is 23.8 Å². The number of aromatic nitrogens is 5. The van der Waals surface area contributed by atoms with Crippen LogP contribution in [0.4, 0.5) is 14.7 Å². The Kier molecular flexibility index (Phi) is 6.17. The second kappa shape index (κ2) is 9.78. The van der Waals surface area contributed by atoms with Crippen LogP contribution >= 0.6 is 11.3 Å². The average molecular weight is 517 g/mol. The third-order valence-electron chi connectivity index (χ3n) is 6.60. The van der Waals surface area contributed by atoms with Crippen molar-refractivity contribution in [1.29, 1.82) is 0 Å². The van der Waals surface area contributed by atoms with E-state index in [1.807, 2.05) is 24.3 Å². The van der Waals surface area contributed by atoms with E-state index in [1.165, 1.54) is 23.5 Å². The van der Waals surface area contributed by atoms with Crippen molar-refractivity contribution in [2.75, 3.05) is 11.9 Å². The van der Waals surface area contributed by atoms with Crippen LogP contribution in [0, 0.1) is 11.6 Å². The molecule has 0 aliphatic heterocycles. The first kappa shape index (κ1) is 23.4. The molecule has 1 fully saturated rings. The summed E-state index contributed by atoms with van der Waals surface area (Å²) in [4.78, 5) is 21.7. The van der Waals surface area contributed by atoms with Crippen molar-refractivity contribution < 1.29 is 13.6 Å². The fourth-order valence-electron chi connectivity index (χ4n) is 4.86. The summed E-state index contributed by atoms with van der Waals surface area (Å²) in [6, 6.07) is 12.3. The Morgan fingerprint density at radius 2 is 2.05 bits per heavy atom. The highest BCUT2D eigenvalue weighted by Gasteiger charge is 2.29. The van der Waals surface area contributed by atoms with E-state index >= 15 is 0 Å². The summed E-state index contributed by atoms with van der Waals surface area (Å²) in [6.07, 6.45) is 6.66. The lowest BCUT2D eigenvalue weighted by Crippen LogP contribution is -2.13. The first-order valence-corrected chi connectivity index (χ1v) is 12.8. The van der Waals surface area contributed by atoms with Gasteiger partial charge < -0.3 is 5.32 Å². The molecule has 1 N–H and O–H groups in total. The number of rotatable bonds is 7. The lowest BCUT2D eigenvalue weighted by molar-refractivity contribution is -0.118. The molecule has 1 aliphatic rings. The number of hydrogen-bond donors (Lipinski definition) is 1. The van der Waals surface area contributed by atoms with Crippen molar-refractivity contribution in [2.45, 2.75) is 31.7 Å². The molecular formula is C27H22F2N6OS. The van der Waals surface area contributed by atoms with E-state index in [0.717, 1.165) is 40.3 Å². The van der Waals surface area contributed by atoms with Gasteiger partial charge in [0.25, 0.3) is 0 Å². The zero-order valence-electron chi connectivity index (χ0n) is 19.7. The number of carbonyl (C=O) groups is 1. The van der Waals surface area contributed by atoms with Crippen molar-refractivity contribution in [1.82, 2.24) is 25.0 Å². The van der Waals surface area contributed by atoms with E-state index in [-0.39, 0.29) is 23.2 Å². The number of nitrogens with one attached hydrogen (secondary N) is 1. The van der Waals surface area contributed by atoms with Gasteiger partial charge in [0, 0.05) is 29.8 Å². The lowest BCUT2D eigenvalue weighted by Gasteiger charge is -2.15. The first-order chi connectivity index (χ1) is 18.1. The van der Waals surface area contributed by atoms with Crippen molar-refractivity contribution in [3.63, 3.8) is 0 Å². The molecule has 5 aromatic rings. The Balaban J connectivity index is 1.37.